The summed E-state index contributed by atoms with van der Waals surface area (Å²) in [7, 11) is 1.93. The number of carboxylic acids is 1. The molecule has 0 aliphatic rings. The molecule has 4 nitrogen and oxygen atoms in total. The standard InChI is InChI=1S/C14H11ClN2O2/c1-17-7-8(10-5-6-11(16-10)14(18)19)13-9(15)3-2-4-12(13)17/h2-7,16H,1H3,(H,18,19). The van der Waals surface area contributed by atoms with E-state index in [4.69, 9.17) is 16.7 Å². The fraction of sp³-hybridized carbons (Fsp3) is 0.0714. The lowest BCUT2D eigenvalue weighted by molar-refractivity contribution is 0.0691. The van der Waals surface area contributed by atoms with Crippen molar-refractivity contribution in [3.8, 4) is 11.3 Å². The number of hydrogen-bond acceptors (Lipinski definition) is 1. The van der Waals surface area contributed by atoms with Gasteiger partial charge in [0.15, 0.2) is 0 Å². The second-order valence-electron chi connectivity index (χ2n) is 4.38. The second-order valence-corrected chi connectivity index (χ2v) is 4.79. The number of aryl methyl sites for hydroxylation is 1. The van der Waals surface area contributed by atoms with Gasteiger partial charge < -0.3 is 14.7 Å². The van der Waals surface area contributed by atoms with Gasteiger partial charge in [-0.25, -0.2) is 4.79 Å². The molecule has 0 unspecified atom stereocenters. The first-order valence-electron chi connectivity index (χ1n) is 5.74. The molecule has 0 fully saturated rings. The van der Waals surface area contributed by atoms with Crippen LogP contribution in [-0.2, 0) is 7.05 Å². The highest BCUT2D eigenvalue weighted by Crippen LogP contribution is 2.34. The Morgan fingerprint density at radius 3 is 2.79 bits per heavy atom. The summed E-state index contributed by atoms with van der Waals surface area (Å²) in [6, 6.07) is 9.00. The van der Waals surface area contributed by atoms with Crippen molar-refractivity contribution in [2.75, 3.05) is 0 Å². The summed E-state index contributed by atoms with van der Waals surface area (Å²) in [5, 5.41) is 10.5. The lowest BCUT2D eigenvalue weighted by Gasteiger charge is -1.99. The lowest BCUT2D eigenvalue weighted by atomic mass is 10.1. The van der Waals surface area contributed by atoms with E-state index in [-0.39, 0.29) is 5.69 Å². The monoisotopic (exact) mass is 274 g/mol. The minimum atomic E-state index is -0.974. The zero-order valence-corrected chi connectivity index (χ0v) is 10.9. The summed E-state index contributed by atoms with van der Waals surface area (Å²) < 4.78 is 1.97. The van der Waals surface area contributed by atoms with Crippen LogP contribution in [0.25, 0.3) is 22.2 Å². The molecule has 0 spiro atoms. The number of nitrogens with zero attached hydrogens (tertiary/aromatic N) is 1. The van der Waals surface area contributed by atoms with Crippen molar-refractivity contribution in [2.24, 2.45) is 7.05 Å². The molecule has 0 amide bonds. The van der Waals surface area contributed by atoms with E-state index in [2.05, 4.69) is 4.98 Å². The average molecular weight is 275 g/mol. The highest BCUT2D eigenvalue weighted by Gasteiger charge is 2.14. The van der Waals surface area contributed by atoms with Crippen molar-refractivity contribution >= 4 is 28.5 Å². The largest absolute Gasteiger partial charge is 0.477 e. The van der Waals surface area contributed by atoms with Crippen LogP contribution in [0.15, 0.2) is 36.5 Å². The van der Waals surface area contributed by atoms with Crippen molar-refractivity contribution < 1.29 is 9.90 Å². The maximum absolute atomic E-state index is 10.9. The molecule has 0 aliphatic carbocycles. The fourth-order valence-corrected chi connectivity index (χ4v) is 2.55. The van der Waals surface area contributed by atoms with Crippen LogP contribution >= 0.6 is 11.6 Å². The molecular formula is C14H11ClN2O2. The number of H-pyrrole nitrogens is 1. The Morgan fingerprint density at radius 1 is 1.32 bits per heavy atom. The Hall–Kier alpha value is -2.20. The number of benzene rings is 1. The summed E-state index contributed by atoms with van der Waals surface area (Å²) in [4.78, 5) is 13.8. The van der Waals surface area contributed by atoms with Crippen LogP contribution in [0.3, 0.4) is 0 Å². The predicted octanol–water partition coefficient (Wildman–Crippen LogP) is 3.53. The number of halogens is 1. The van der Waals surface area contributed by atoms with E-state index in [1.54, 1.807) is 12.1 Å². The van der Waals surface area contributed by atoms with Gasteiger partial charge in [0.2, 0.25) is 0 Å². The molecule has 0 saturated carbocycles. The number of fused-ring (bicyclic) bond motifs is 1. The van der Waals surface area contributed by atoms with Crippen molar-refractivity contribution in [2.45, 2.75) is 0 Å². The molecule has 3 aromatic rings. The Morgan fingerprint density at radius 2 is 2.11 bits per heavy atom. The van der Waals surface area contributed by atoms with E-state index in [0.29, 0.717) is 5.02 Å². The van der Waals surface area contributed by atoms with Gasteiger partial charge >= 0.3 is 5.97 Å². The quantitative estimate of drug-likeness (QED) is 0.751. The Bertz CT molecular complexity index is 786. The molecule has 0 saturated heterocycles. The molecule has 2 N–H and O–H groups in total. The smallest absolute Gasteiger partial charge is 0.352 e. The number of carbonyl (C=O) groups is 1. The average Bonchev–Trinajstić information content (AvgIpc) is 2.95. The van der Waals surface area contributed by atoms with Crippen molar-refractivity contribution in [3.05, 3.63) is 47.2 Å². The first kappa shape index (κ1) is 11.9. The van der Waals surface area contributed by atoms with E-state index in [1.165, 1.54) is 0 Å². The van der Waals surface area contributed by atoms with Gasteiger partial charge in [-0.1, -0.05) is 17.7 Å². The third-order valence-corrected chi connectivity index (χ3v) is 3.49. The molecule has 0 bridgehead atoms. The van der Waals surface area contributed by atoms with Crippen LogP contribution in [0.5, 0.6) is 0 Å². The van der Waals surface area contributed by atoms with E-state index in [9.17, 15) is 4.79 Å². The van der Waals surface area contributed by atoms with Gasteiger partial charge in [0, 0.05) is 35.4 Å². The zero-order valence-electron chi connectivity index (χ0n) is 10.1. The maximum Gasteiger partial charge on any atom is 0.352 e. The predicted molar refractivity (Wildman–Crippen MR) is 74.7 cm³/mol. The summed E-state index contributed by atoms with van der Waals surface area (Å²) >= 11 is 6.25. The molecule has 3 rings (SSSR count). The number of carboxylic acid groups (broad SMARTS) is 1. The van der Waals surface area contributed by atoms with Crippen LogP contribution in [0.2, 0.25) is 5.02 Å². The minimum absolute atomic E-state index is 0.166. The van der Waals surface area contributed by atoms with E-state index in [1.807, 2.05) is 36.0 Å². The van der Waals surface area contributed by atoms with Crippen LogP contribution in [0.4, 0.5) is 0 Å². The molecule has 0 atom stereocenters. The number of aromatic nitrogens is 2. The SMILES string of the molecule is Cn1cc(-c2ccc(C(=O)O)[nH]2)c2c(Cl)cccc21. The first-order chi connectivity index (χ1) is 9.08. The van der Waals surface area contributed by atoms with Crippen molar-refractivity contribution in [1.82, 2.24) is 9.55 Å². The number of rotatable bonds is 2. The normalized spacial score (nSPS) is 11.1. The number of aromatic amines is 1. The van der Waals surface area contributed by atoms with E-state index >= 15 is 0 Å². The van der Waals surface area contributed by atoms with Gasteiger partial charge in [-0.2, -0.15) is 0 Å². The Labute approximate surface area is 114 Å². The van der Waals surface area contributed by atoms with Crippen LogP contribution in [0.1, 0.15) is 10.5 Å². The third kappa shape index (κ3) is 1.81. The fourth-order valence-electron chi connectivity index (χ4n) is 2.28. The van der Waals surface area contributed by atoms with Gasteiger partial charge in [-0.3, -0.25) is 0 Å². The molecule has 1 aromatic carbocycles. The minimum Gasteiger partial charge on any atom is -0.477 e. The van der Waals surface area contributed by atoms with Gasteiger partial charge in [0.1, 0.15) is 5.69 Å². The topological polar surface area (TPSA) is 58.0 Å². The van der Waals surface area contributed by atoms with Gasteiger partial charge in [-0.05, 0) is 24.3 Å². The highest BCUT2D eigenvalue weighted by molar-refractivity contribution is 6.36. The summed E-state index contributed by atoms with van der Waals surface area (Å²) in [5.74, 6) is -0.974. The maximum atomic E-state index is 10.9. The molecule has 5 heteroatoms. The summed E-state index contributed by atoms with van der Waals surface area (Å²) in [6.07, 6.45) is 1.94. The van der Waals surface area contributed by atoms with Crippen LogP contribution in [-0.4, -0.2) is 20.6 Å². The first-order valence-corrected chi connectivity index (χ1v) is 6.12. The van der Waals surface area contributed by atoms with Gasteiger partial charge in [-0.15, -0.1) is 0 Å². The van der Waals surface area contributed by atoms with Crippen molar-refractivity contribution in [3.63, 3.8) is 0 Å². The molecule has 96 valence electrons. The zero-order chi connectivity index (χ0) is 13.6. The molecule has 2 aromatic heterocycles. The molecule has 0 aliphatic heterocycles. The lowest BCUT2D eigenvalue weighted by Crippen LogP contribution is -1.95. The number of aromatic carboxylic acids is 1. The van der Waals surface area contributed by atoms with Crippen LogP contribution < -0.4 is 0 Å². The van der Waals surface area contributed by atoms with E-state index < -0.39 is 5.97 Å². The molecular weight excluding hydrogens is 264 g/mol. The highest BCUT2D eigenvalue weighted by atomic mass is 35.5. The third-order valence-electron chi connectivity index (χ3n) is 3.17. The molecule has 0 radical (unpaired) electrons. The number of hydrogen-bond donors (Lipinski definition) is 2. The Balaban J connectivity index is 2.27. The van der Waals surface area contributed by atoms with Gasteiger partial charge in [0.25, 0.3) is 0 Å². The van der Waals surface area contributed by atoms with Gasteiger partial charge in [0.05, 0.1) is 5.02 Å². The summed E-state index contributed by atoms with van der Waals surface area (Å²) in [5.41, 5.74) is 2.82. The summed E-state index contributed by atoms with van der Waals surface area (Å²) in [6.45, 7) is 0. The van der Waals surface area contributed by atoms with Crippen molar-refractivity contribution in [1.29, 1.82) is 0 Å². The Kier molecular flexibility index (Phi) is 2.61. The van der Waals surface area contributed by atoms with Crippen LogP contribution in [0, 0.1) is 0 Å². The molecule has 2 heterocycles. The molecule has 19 heavy (non-hydrogen) atoms. The van der Waals surface area contributed by atoms with E-state index in [0.717, 1.165) is 22.2 Å². The number of nitrogens with one attached hydrogen (secondary N) is 1. The second kappa shape index (κ2) is 4.17.